The molecular formula is C13H12ClFN4O2. The smallest absolute Gasteiger partial charge is 0.254 e. The molecule has 1 heterocycles. The van der Waals surface area contributed by atoms with E-state index in [9.17, 15) is 14.0 Å². The fourth-order valence-electron chi connectivity index (χ4n) is 1.71. The van der Waals surface area contributed by atoms with Crippen LogP contribution in [0, 0.1) is 5.82 Å². The van der Waals surface area contributed by atoms with Gasteiger partial charge >= 0.3 is 0 Å². The number of rotatable bonds is 4. The molecule has 0 saturated heterocycles. The van der Waals surface area contributed by atoms with Crippen LogP contribution in [0.2, 0.25) is 5.02 Å². The molecule has 0 saturated carbocycles. The topological polar surface area (TPSA) is 101 Å². The van der Waals surface area contributed by atoms with Crippen molar-refractivity contribution in [3.8, 4) is 0 Å². The van der Waals surface area contributed by atoms with Crippen LogP contribution in [0.15, 0.2) is 29.1 Å². The van der Waals surface area contributed by atoms with E-state index in [1.807, 2.05) is 0 Å². The zero-order valence-corrected chi connectivity index (χ0v) is 11.6. The number of nitrogens with two attached hydrogens (primary N) is 1. The zero-order valence-electron chi connectivity index (χ0n) is 10.8. The van der Waals surface area contributed by atoms with Crippen molar-refractivity contribution in [1.29, 1.82) is 0 Å². The van der Waals surface area contributed by atoms with Gasteiger partial charge in [0, 0.05) is 24.1 Å². The normalized spacial score (nSPS) is 10.4. The van der Waals surface area contributed by atoms with E-state index in [-0.39, 0.29) is 34.9 Å². The summed E-state index contributed by atoms with van der Waals surface area (Å²) in [5.41, 5.74) is 4.92. The van der Waals surface area contributed by atoms with E-state index < -0.39 is 11.7 Å². The van der Waals surface area contributed by atoms with Crippen molar-refractivity contribution in [2.45, 2.75) is 6.42 Å². The number of carbonyl (C=O) groups is 1. The third kappa shape index (κ3) is 4.03. The molecule has 0 radical (unpaired) electrons. The van der Waals surface area contributed by atoms with E-state index in [2.05, 4.69) is 15.3 Å². The molecule has 1 aromatic heterocycles. The molecule has 0 atom stereocenters. The summed E-state index contributed by atoms with van der Waals surface area (Å²) in [7, 11) is 0. The van der Waals surface area contributed by atoms with Crippen LogP contribution >= 0.6 is 11.6 Å². The van der Waals surface area contributed by atoms with E-state index in [0.717, 1.165) is 12.1 Å². The first-order valence-electron chi connectivity index (χ1n) is 6.04. The highest BCUT2D eigenvalue weighted by atomic mass is 35.5. The molecule has 0 aliphatic carbocycles. The number of H-pyrrole nitrogens is 1. The lowest BCUT2D eigenvalue weighted by Gasteiger charge is -2.06. The first-order valence-corrected chi connectivity index (χ1v) is 6.42. The number of nitrogen functional groups attached to an aromatic ring is 1. The Bertz CT molecular complexity index is 732. The number of nitrogens with one attached hydrogen (secondary N) is 2. The van der Waals surface area contributed by atoms with Crippen molar-refractivity contribution < 1.29 is 9.18 Å². The van der Waals surface area contributed by atoms with Crippen LogP contribution in [0.1, 0.15) is 16.2 Å². The standard InChI is InChI=1S/C13H12ClFN4O2/c14-7-1-2-9(15)8(5-7)13(21)17-4-3-11-18-10(16)6-12(20)19-11/h1-2,5-6H,3-4H2,(H,17,21)(H3,16,18,19,20). The highest BCUT2D eigenvalue weighted by Crippen LogP contribution is 2.14. The zero-order chi connectivity index (χ0) is 15.4. The SMILES string of the molecule is Nc1cc(=O)[nH]c(CCNC(=O)c2cc(Cl)ccc2F)n1. The molecule has 2 rings (SSSR count). The van der Waals surface area contributed by atoms with Gasteiger partial charge in [-0.15, -0.1) is 0 Å². The lowest BCUT2D eigenvalue weighted by atomic mass is 10.2. The Kier molecular flexibility index (Phi) is 4.54. The number of hydrogen-bond donors (Lipinski definition) is 3. The van der Waals surface area contributed by atoms with Crippen LogP contribution in [0.4, 0.5) is 10.2 Å². The van der Waals surface area contributed by atoms with Crippen LogP contribution in [0.25, 0.3) is 0 Å². The Morgan fingerprint density at radius 3 is 2.90 bits per heavy atom. The Balaban J connectivity index is 1.98. The second-order valence-corrected chi connectivity index (χ2v) is 4.68. The molecular weight excluding hydrogens is 299 g/mol. The van der Waals surface area contributed by atoms with Gasteiger partial charge in [-0.1, -0.05) is 11.6 Å². The summed E-state index contributed by atoms with van der Waals surface area (Å²) in [6.07, 6.45) is 0.258. The van der Waals surface area contributed by atoms with Gasteiger partial charge in [-0.05, 0) is 18.2 Å². The van der Waals surface area contributed by atoms with Gasteiger partial charge in [-0.25, -0.2) is 9.37 Å². The Morgan fingerprint density at radius 1 is 1.43 bits per heavy atom. The molecule has 110 valence electrons. The van der Waals surface area contributed by atoms with Gasteiger partial charge in [-0.3, -0.25) is 9.59 Å². The molecule has 6 nitrogen and oxygen atoms in total. The number of carbonyl (C=O) groups excluding carboxylic acids is 1. The van der Waals surface area contributed by atoms with Gasteiger partial charge in [-0.2, -0.15) is 0 Å². The van der Waals surface area contributed by atoms with Gasteiger partial charge in [0.2, 0.25) is 0 Å². The van der Waals surface area contributed by atoms with Gasteiger partial charge in [0.25, 0.3) is 11.5 Å². The third-order valence-corrected chi connectivity index (χ3v) is 2.87. The minimum Gasteiger partial charge on any atom is -0.383 e. The number of anilines is 1. The first-order chi connectivity index (χ1) is 9.95. The Labute approximate surface area is 124 Å². The van der Waals surface area contributed by atoms with E-state index in [4.69, 9.17) is 17.3 Å². The maximum Gasteiger partial charge on any atom is 0.254 e. The molecule has 4 N–H and O–H groups in total. The quantitative estimate of drug-likeness (QED) is 0.787. The highest BCUT2D eigenvalue weighted by molar-refractivity contribution is 6.30. The summed E-state index contributed by atoms with van der Waals surface area (Å²) < 4.78 is 13.5. The minimum absolute atomic E-state index is 0.0981. The van der Waals surface area contributed by atoms with Crippen molar-refractivity contribution in [2.24, 2.45) is 0 Å². The summed E-state index contributed by atoms with van der Waals surface area (Å²) in [5.74, 6) is -0.818. The van der Waals surface area contributed by atoms with Crippen LogP contribution < -0.4 is 16.6 Å². The molecule has 1 amide bonds. The van der Waals surface area contributed by atoms with Crippen molar-refractivity contribution >= 4 is 23.3 Å². The number of hydrogen-bond acceptors (Lipinski definition) is 4. The van der Waals surface area contributed by atoms with E-state index in [0.29, 0.717) is 5.82 Å². The van der Waals surface area contributed by atoms with Crippen LogP contribution in [-0.4, -0.2) is 22.4 Å². The van der Waals surface area contributed by atoms with E-state index >= 15 is 0 Å². The number of amides is 1. The highest BCUT2D eigenvalue weighted by Gasteiger charge is 2.11. The lowest BCUT2D eigenvalue weighted by molar-refractivity contribution is 0.0950. The van der Waals surface area contributed by atoms with E-state index in [1.165, 1.54) is 12.1 Å². The van der Waals surface area contributed by atoms with Gasteiger partial charge in [0.05, 0.1) is 5.56 Å². The van der Waals surface area contributed by atoms with Crippen molar-refractivity contribution in [3.05, 3.63) is 56.8 Å². The van der Waals surface area contributed by atoms with Gasteiger partial charge in [0.15, 0.2) is 0 Å². The lowest BCUT2D eigenvalue weighted by Crippen LogP contribution is -2.27. The monoisotopic (exact) mass is 310 g/mol. The second-order valence-electron chi connectivity index (χ2n) is 4.25. The molecule has 1 aromatic carbocycles. The maximum atomic E-state index is 13.5. The Morgan fingerprint density at radius 2 is 2.19 bits per heavy atom. The van der Waals surface area contributed by atoms with Crippen molar-refractivity contribution in [2.75, 3.05) is 12.3 Å². The molecule has 8 heteroatoms. The molecule has 0 fully saturated rings. The average Bonchev–Trinajstić information content (AvgIpc) is 2.40. The average molecular weight is 311 g/mol. The molecule has 0 spiro atoms. The molecule has 2 aromatic rings. The van der Waals surface area contributed by atoms with Crippen molar-refractivity contribution in [1.82, 2.24) is 15.3 Å². The first kappa shape index (κ1) is 15.0. The maximum absolute atomic E-state index is 13.5. The number of halogens is 2. The number of nitrogens with zero attached hydrogens (tertiary/aromatic N) is 1. The summed E-state index contributed by atoms with van der Waals surface area (Å²) in [4.78, 5) is 29.4. The van der Waals surface area contributed by atoms with Crippen LogP contribution in [-0.2, 0) is 6.42 Å². The van der Waals surface area contributed by atoms with E-state index in [1.54, 1.807) is 0 Å². The number of aromatic nitrogens is 2. The fourth-order valence-corrected chi connectivity index (χ4v) is 1.88. The minimum atomic E-state index is -0.660. The third-order valence-electron chi connectivity index (χ3n) is 2.63. The van der Waals surface area contributed by atoms with Gasteiger partial charge < -0.3 is 16.0 Å². The predicted molar refractivity (Wildman–Crippen MR) is 76.7 cm³/mol. The summed E-state index contributed by atoms with van der Waals surface area (Å²) in [5, 5.41) is 2.78. The predicted octanol–water partition coefficient (Wildman–Crippen LogP) is 1.12. The molecule has 0 unspecified atom stereocenters. The van der Waals surface area contributed by atoms with Crippen LogP contribution in [0.5, 0.6) is 0 Å². The molecule has 21 heavy (non-hydrogen) atoms. The fraction of sp³-hybridized carbons (Fsp3) is 0.154. The van der Waals surface area contributed by atoms with Crippen molar-refractivity contribution in [3.63, 3.8) is 0 Å². The van der Waals surface area contributed by atoms with Gasteiger partial charge in [0.1, 0.15) is 17.5 Å². The molecule has 0 aliphatic rings. The number of aromatic amines is 1. The van der Waals surface area contributed by atoms with Crippen LogP contribution in [0.3, 0.4) is 0 Å². The number of benzene rings is 1. The molecule has 0 bridgehead atoms. The molecule has 0 aliphatic heterocycles. The second kappa shape index (κ2) is 6.36. The Hall–Kier alpha value is -2.41. The summed E-state index contributed by atoms with van der Waals surface area (Å²) in [6, 6.07) is 4.87. The largest absolute Gasteiger partial charge is 0.383 e. The summed E-state index contributed by atoms with van der Waals surface area (Å²) >= 11 is 5.72. The summed E-state index contributed by atoms with van der Waals surface area (Å²) in [6.45, 7) is 0.164.